The number of benzene rings is 1. The van der Waals surface area contributed by atoms with E-state index >= 15 is 0 Å². The average Bonchev–Trinajstić information content (AvgIpc) is 2.40. The highest BCUT2D eigenvalue weighted by Crippen LogP contribution is 2.35. The van der Waals surface area contributed by atoms with Crippen LogP contribution in [0.5, 0.6) is 0 Å². The largest absolute Gasteiger partial charge is 0.376 e. The normalized spacial score (nSPS) is 13.7. The zero-order chi connectivity index (χ0) is 13.8. The zero-order valence-electron chi connectivity index (χ0n) is 12.0. The van der Waals surface area contributed by atoms with Crippen molar-refractivity contribution in [3.63, 3.8) is 0 Å². The fourth-order valence-electron chi connectivity index (χ4n) is 2.59. The van der Waals surface area contributed by atoms with Crippen LogP contribution in [0.2, 0.25) is 5.02 Å². The van der Waals surface area contributed by atoms with E-state index < -0.39 is 0 Å². The molecular formula is C15H24ClNO. The lowest BCUT2D eigenvalue weighted by atomic mass is 9.83. The first-order valence-electron chi connectivity index (χ1n) is 6.53. The predicted octanol–water partition coefficient (Wildman–Crippen LogP) is 4.11. The predicted molar refractivity (Wildman–Crippen MR) is 78.3 cm³/mol. The summed E-state index contributed by atoms with van der Waals surface area (Å²) in [5.74, 6) is 0. The van der Waals surface area contributed by atoms with Gasteiger partial charge in [-0.05, 0) is 44.0 Å². The highest BCUT2D eigenvalue weighted by molar-refractivity contribution is 6.31. The van der Waals surface area contributed by atoms with Crippen LogP contribution < -0.4 is 5.32 Å². The minimum Gasteiger partial charge on any atom is -0.376 e. The minimum atomic E-state index is -0.187. The monoisotopic (exact) mass is 269 g/mol. The van der Waals surface area contributed by atoms with Gasteiger partial charge in [0.15, 0.2) is 0 Å². The van der Waals surface area contributed by atoms with Gasteiger partial charge in [0.25, 0.3) is 0 Å². The number of halogens is 1. The van der Waals surface area contributed by atoms with Crippen molar-refractivity contribution in [1.29, 1.82) is 0 Å². The fraction of sp³-hybridized carbons (Fsp3) is 0.600. The molecule has 1 aromatic carbocycles. The third-order valence-electron chi connectivity index (χ3n) is 3.95. The van der Waals surface area contributed by atoms with Gasteiger partial charge in [-0.1, -0.05) is 37.6 Å². The van der Waals surface area contributed by atoms with Crippen LogP contribution in [0.1, 0.15) is 43.9 Å². The van der Waals surface area contributed by atoms with E-state index in [1.54, 1.807) is 7.11 Å². The molecule has 1 N–H and O–H groups in total. The molecule has 1 aromatic rings. The molecule has 0 fully saturated rings. The first-order valence-corrected chi connectivity index (χ1v) is 6.90. The standard InChI is InChI=1S/C15H24ClNO/c1-6-15(7-2,18-5)14(17-4)12-9-8-11(3)13(16)10-12/h8-10,14,17H,6-7H2,1-5H3. The molecule has 0 aromatic heterocycles. The third-order valence-corrected chi connectivity index (χ3v) is 4.35. The molecule has 0 spiro atoms. The quantitative estimate of drug-likeness (QED) is 0.839. The Morgan fingerprint density at radius 2 is 1.94 bits per heavy atom. The van der Waals surface area contributed by atoms with Crippen LogP contribution in [0.4, 0.5) is 0 Å². The number of aryl methyl sites for hydroxylation is 1. The van der Waals surface area contributed by atoms with E-state index in [4.69, 9.17) is 16.3 Å². The van der Waals surface area contributed by atoms with Crippen LogP contribution in [-0.4, -0.2) is 19.8 Å². The molecule has 2 nitrogen and oxygen atoms in total. The summed E-state index contributed by atoms with van der Waals surface area (Å²) in [6.45, 7) is 6.34. The maximum absolute atomic E-state index is 6.23. The number of methoxy groups -OCH3 is 1. The van der Waals surface area contributed by atoms with Crippen molar-refractivity contribution < 1.29 is 4.74 Å². The van der Waals surface area contributed by atoms with Gasteiger partial charge in [-0.3, -0.25) is 0 Å². The van der Waals surface area contributed by atoms with E-state index in [9.17, 15) is 0 Å². The number of likely N-dealkylation sites (N-methyl/N-ethyl adjacent to an activating group) is 1. The van der Waals surface area contributed by atoms with Crippen molar-refractivity contribution in [1.82, 2.24) is 5.32 Å². The first kappa shape index (κ1) is 15.5. The molecule has 1 rings (SSSR count). The van der Waals surface area contributed by atoms with Crippen molar-refractivity contribution >= 4 is 11.6 Å². The number of hydrogen-bond acceptors (Lipinski definition) is 2. The summed E-state index contributed by atoms with van der Waals surface area (Å²) in [6.07, 6.45) is 1.91. The maximum Gasteiger partial charge on any atom is 0.0867 e. The Morgan fingerprint density at radius 1 is 1.33 bits per heavy atom. The van der Waals surface area contributed by atoms with Crippen LogP contribution >= 0.6 is 11.6 Å². The highest BCUT2D eigenvalue weighted by atomic mass is 35.5. The molecule has 0 radical (unpaired) electrons. The Hall–Kier alpha value is -0.570. The summed E-state index contributed by atoms with van der Waals surface area (Å²) in [5.41, 5.74) is 2.10. The van der Waals surface area contributed by atoms with Gasteiger partial charge in [0.05, 0.1) is 11.6 Å². The topological polar surface area (TPSA) is 21.3 Å². The third kappa shape index (κ3) is 2.87. The maximum atomic E-state index is 6.23. The number of rotatable bonds is 6. The van der Waals surface area contributed by atoms with Crippen LogP contribution in [0.3, 0.4) is 0 Å². The molecule has 0 aliphatic rings. The summed E-state index contributed by atoms with van der Waals surface area (Å²) < 4.78 is 5.81. The molecule has 102 valence electrons. The van der Waals surface area contributed by atoms with Gasteiger partial charge >= 0.3 is 0 Å². The van der Waals surface area contributed by atoms with Crippen molar-refractivity contribution in [2.24, 2.45) is 0 Å². The van der Waals surface area contributed by atoms with E-state index in [1.807, 2.05) is 20.0 Å². The van der Waals surface area contributed by atoms with E-state index in [0.29, 0.717) is 0 Å². The van der Waals surface area contributed by atoms with Crippen molar-refractivity contribution in [3.05, 3.63) is 34.3 Å². The van der Waals surface area contributed by atoms with Gasteiger partial charge in [-0.15, -0.1) is 0 Å². The molecule has 1 unspecified atom stereocenters. The van der Waals surface area contributed by atoms with E-state index in [2.05, 4.69) is 31.3 Å². The van der Waals surface area contributed by atoms with Crippen molar-refractivity contribution in [3.8, 4) is 0 Å². The molecule has 0 heterocycles. The lowest BCUT2D eigenvalue weighted by Crippen LogP contribution is -2.43. The number of nitrogens with one attached hydrogen (secondary N) is 1. The number of ether oxygens (including phenoxy) is 1. The molecule has 18 heavy (non-hydrogen) atoms. The Morgan fingerprint density at radius 3 is 2.33 bits per heavy atom. The molecule has 1 atom stereocenters. The summed E-state index contributed by atoms with van der Waals surface area (Å²) >= 11 is 6.23. The van der Waals surface area contributed by atoms with Crippen molar-refractivity contribution in [2.45, 2.75) is 45.3 Å². The van der Waals surface area contributed by atoms with Gasteiger partial charge in [0.1, 0.15) is 0 Å². The number of hydrogen-bond donors (Lipinski definition) is 1. The Kier molecular flexibility index (Phi) is 5.64. The van der Waals surface area contributed by atoms with Crippen LogP contribution in [0.25, 0.3) is 0 Å². The first-order chi connectivity index (χ1) is 8.54. The molecule has 0 aliphatic carbocycles. The fourth-order valence-corrected chi connectivity index (χ4v) is 2.78. The van der Waals surface area contributed by atoms with Crippen LogP contribution in [0.15, 0.2) is 18.2 Å². The summed E-state index contributed by atoms with van der Waals surface area (Å²) in [5, 5.41) is 4.19. The second kappa shape index (κ2) is 6.55. The summed E-state index contributed by atoms with van der Waals surface area (Å²) in [7, 11) is 3.75. The Bertz CT molecular complexity index is 380. The Balaban J connectivity index is 3.19. The lowest BCUT2D eigenvalue weighted by Gasteiger charge is -2.38. The van der Waals surface area contributed by atoms with Gasteiger partial charge in [-0.2, -0.15) is 0 Å². The van der Waals surface area contributed by atoms with E-state index in [1.165, 1.54) is 5.56 Å². The van der Waals surface area contributed by atoms with Gasteiger partial charge in [0.2, 0.25) is 0 Å². The Labute approximate surface area is 116 Å². The lowest BCUT2D eigenvalue weighted by molar-refractivity contribution is -0.0467. The molecule has 0 aliphatic heterocycles. The SMILES string of the molecule is CCC(CC)(OC)C(NC)c1ccc(C)c(Cl)c1. The molecular weight excluding hydrogens is 246 g/mol. The molecule has 3 heteroatoms. The van der Waals surface area contributed by atoms with Crippen molar-refractivity contribution in [2.75, 3.05) is 14.2 Å². The van der Waals surface area contributed by atoms with Gasteiger partial charge in [0, 0.05) is 12.1 Å². The summed E-state index contributed by atoms with van der Waals surface area (Å²) in [6, 6.07) is 6.38. The molecule has 0 saturated heterocycles. The second-order valence-corrected chi connectivity index (χ2v) is 5.11. The summed E-state index contributed by atoms with van der Waals surface area (Å²) in [4.78, 5) is 0. The van der Waals surface area contributed by atoms with Gasteiger partial charge in [-0.25, -0.2) is 0 Å². The van der Waals surface area contributed by atoms with Crippen LogP contribution in [-0.2, 0) is 4.74 Å². The molecule has 0 amide bonds. The zero-order valence-corrected chi connectivity index (χ0v) is 12.8. The second-order valence-electron chi connectivity index (χ2n) is 4.71. The average molecular weight is 270 g/mol. The van der Waals surface area contributed by atoms with E-state index in [-0.39, 0.29) is 11.6 Å². The molecule has 0 bridgehead atoms. The van der Waals surface area contributed by atoms with E-state index in [0.717, 1.165) is 23.4 Å². The smallest absolute Gasteiger partial charge is 0.0867 e. The minimum absolute atomic E-state index is 0.149. The highest BCUT2D eigenvalue weighted by Gasteiger charge is 2.36. The van der Waals surface area contributed by atoms with Gasteiger partial charge < -0.3 is 10.1 Å². The van der Waals surface area contributed by atoms with Crippen LogP contribution in [0, 0.1) is 6.92 Å². The molecule has 0 saturated carbocycles.